The van der Waals surface area contributed by atoms with Gasteiger partial charge < -0.3 is 10.1 Å². The van der Waals surface area contributed by atoms with E-state index >= 15 is 0 Å². The second kappa shape index (κ2) is 8.24. The molecule has 144 valence electrons. The molecule has 0 aliphatic carbocycles. The zero-order valence-electron chi connectivity index (χ0n) is 15.4. The van der Waals surface area contributed by atoms with Gasteiger partial charge in [0.15, 0.2) is 0 Å². The van der Waals surface area contributed by atoms with Crippen LogP contribution in [0.2, 0.25) is 0 Å². The smallest absolute Gasteiger partial charge is 0.321 e. The fourth-order valence-corrected chi connectivity index (χ4v) is 2.94. The number of carbonyl (C=O) groups excluding carboxylic acids is 1. The first-order chi connectivity index (χ1) is 14.1. The van der Waals surface area contributed by atoms with Crippen molar-refractivity contribution in [2.24, 2.45) is 0 Å². The van der Waals surface area contributed by atoms with E-state index in [4.69, 9.17) is 4.74 Å². The molecule has 8 heteroatoms. The summed E-state index contributed by atoms with van der Waals surface area (Å²) in [5.41, 5.74) is 3.52. The summed E-state index contributed by atoms with van der Waals surface area (Å²) in [4.78, 5) is 20.7. The second-order valence-electron chi connectivity index (χ2n) is 6.24. The third kappa shape index (κ3) is 4.49. The Labute approximate surface area is 175 Å². The summed E-state index contributed by atoms with van der Waals surface area (Å²) in [5.74, 6) is 0.315. The van der Waals surface area contributed by atoms with Crippen molar-refractivity contribution in [2.45, 2.75) is 6.92 Å². The maximum Gasteiger partial charge on any atom is 0.321 e. The van der Waals surface area contributed by atoms with Gasteiger partial charge in [0.05, 0.1) is 5.69 Å². The molecule has 0 fully saturated rings. The molecular formula is C21H16BrN5O2. The van der Waals surface area contributed by atoms with Crippen LogP contribution < -0.4 is 10.1 Å². The number of benzene rings is 2. The van der Waals surface area contributed by atoms with E-state index in [2.05, 4.69) is 41.4 Å². The quantitative estimate of drug-likeness (QED) is 0.447. The molecule has 0 saturated heterocycles. The van der Waals surface area contributed by atoms with Crippen LogP contribution in [0.3, 0.4) is 0 Å². The van der Waals surface area contributed by atoms with E-state index in [1.165, 1.54) is 0 Å². The number of rotatable bonds is 5. The van der Waals surface area contributed by atoms with Crippen LogP contribution in [0, 0.1) is 6.92 Å². The molecule has 0 atom stereocenters. The van der Waals surface area contributed by atoms with E-state index in [1.54, 1.807) is 36.7 Å². The molecule has 0 aliphatic rings. The molecular weight excluding hydrogens is 434 g/mol. The third-order valence-corrected chi connectivity index (χ3v) is 4.69. The van der Waals surface area contributed by atoms with Crippen LogP contribution in [0.15, 0.2) is 71.5 Å². The van der Waals surface area contributed by atoms with Crippen molar-refractivity contribution in [1.82, 2.24) is 20.2 Å². The summed E-state index contributed by atoms with van der Waals surface area (Å²) in [7, 11) is 0. The highest BCUT2D eigenvalue weighted by Crippen LogP contribution is 2.25. The maximum atomic E-state index is 12.6. The van der Waals surface area contributed by atoms with E-state index in [1.807, 2.05) is 37.3 Å². The number of nitrogens with zero attached hydrogens (tertiary/aromatic N) is 3. The first-order valence-electron chi connectivity index (χ1n) is 8.77. The van der Waals surface area contributed by atoms with E-state index in [-0.39, 0.29) is 11.9 Å². The first-order valence-corrected chi connectivity index (χ1v) is 9.56. The Hall–Kier alpha value is -3.52. The number of carbonyl (C=O) groups is 1. The fourth-order valence-electron chi connectivity index (χ4n) is 2.68. The molecule has 0 unspecified atom stereocenters. The van der Waals surface area contributed by atoms with Crippen LogP contribution in [0.5, 0.6) is 11.8 Å². The van der Waals surface area contributed by atoms with Gasteiger partial charge in [0.25, 0.3) is 5.91 Å². The van der Waals surface area contributed by atoms with Crippen molar-refractivity contribution in [1.29, 1.82) is 0 Å². The molecule has 29 heavy (non-hydrogen) atoms. The lowest BCUT2D eigenvalue weighted by Crippen LogP contribution is -2.13. The highest BCUT2D eigenvalue weighted by atomic mass is 79.9. The standard InChI is InChI=1S/C21H16BrN5O2/c1-13-11-16(29-21-23-9-2-10-24-21)7-8-17(13)25-20(28)19-12-18(26-27-19)14-3-5-15(22)6-4-14/h2-12H,1H3,(H,25,28)(H,26,27). The van der Waals surface area contributed by atoms with Crippen LogP contribution >= 0.6 is 15.9 Å². The van der Waals surface area contributed by atoms with Crippen LogP contribution in [0.25, 0.3) is 11.3 Å². The fraction of sp³-hybridized carbons (Fsp3) is 0.0476. The van der Waals surface area contributed by atoms with Crippen molar-refractivity contribution in [3.8, 4) is 23.0 Å². The average Bonchev–Trinajstić information content (AvgIpc) is 3.22. The van der Waals surface area contributed by atoms with Gasteiger partial charge in [-0.1, -0.05) is 28.1 Å². The Bertz CT molecular complexity index is 1140. The lowest BCUT2D eigenvalue weighted by molar-refractivity contribution is 0.102. The molecule has 2 aromatic heterocycles. The number of aromatic amines is 1. The van der Waals surface area contributed by atoms with Crippen molar-refractivity contribution in [2.75, 3.05) is 5.32 Å². The molecule has 4 aromatic rings. The molecule has 2 heterocycles. The maximum absolute atomic E-state index is 12.6. The second-order valence-corrected chi connectivity index (χ2v) is 7.15. The van der Waals surface area contributed by atoms with Gasteiger partial charge in [-0.3, -0.25) is 9.89 Å². The number of hydrogen-bond donors (Lipinski definition) is 2. The van der Waals surface area contributed by atoms with Gasteiger partial charge in [-0.05, 0) is 55.0 Å². The predicted octanol–water partition coefficient (Wildman–Crippen LogP) is 4.98. The number of halogens is 1. The molecule has 0 bridgehead atoms. The molecule has 2 aromatic carbocycles. The third-order valence-electron chi connectivity index (χ3n) is 4.16. The summed E-state index contributed by atoms with van der Waals surface area (Å²) in [6, 6.07) is 16.8. The Morgan fingerprint density at radius 2 is 1.83 bits per heavy atom. The van der Waals surface area contributed by atoms with Crippen molar-refractivity contribution in [3.05, 3.63) is 82.7 Å². The minimum absolute atomic E-state index is 0.265. The van der Waals surface area contributed by atoms with Crippen LogP contribution in [-0.2, 0) is 0 Å². The lowest BCUT2D eigenvalue weighted by atomic mass is 10.1. The summed E-state index contributed by atoms with van der Waals surface area (Å²) in [5, 5.41) is 9.90. The Morgan fingerprint density at radius 3 is 2.55 bits per heavy atom. The first kappa shape index (κ1) is 18.8. The largest absolute Gasteiger partial charge is 0.424 e. The zero-order valence-corrected chi connectivity index (χ0v) is 17.0. The van der Waals surface area contributed by atoms with Crippen LogP contribution in [-0.4, -0.2) is 26.1 Å². The number of ether oxygens (including phenoxy) is 1. The summed E-state index contributed by atoms with van der Waals surface area (Å²) >= 11 is 3.41. The van der Waals surface area contributed by atoms with Crippen molar-refractivity contribution in [3.63, 3.8) is 0 Å². The van der Waals surface area contributed by atoms with E-state index in [0.717, 1.165) is 15.6 Å². The molecule has 2 N–H and O–H groups in total. The van der Waals surface area contributed by atoms with Gasteiger partial charge in [-0.25, -0.2) is 9.97 Å². The predicted molar refractivity (Wildman–Crippen MR) is 113 cm³/mol. The highest BCUT2D eigenvalue weighted by molar-refractivity contribution is 9.10. The molecule has 0 radical (unpaired) electrons. The number of anilines is 1. The molecule has 0 saturated carbocycles. The monoisotopic (exact) mass is 449 g/mol. The Morgan fingerprint density at radius 1 is 1.07 bits per heavy atom. The van der Waals surface area contributed by atoms with Crippen molar-refractivity contribution >= 4 is 27.5 Å². The summed E-state index contributed by atoms with van der Waals surface area (Å²) in [6.45, 7) is 1.88. The van der Waals surface area contributed by atoms with Gasteiger partial charge in [0, 0.05) is 28.1 Å². The van der Waals surface area contributed by atoms with Gasteiger partial charge in [-0.15, -0.1) is 0 Å². The average molecular weight is 450 g/mol. The number of amides is 1. The van der Waals surface area contributed by atoms with E-state index in [9.17, 15) is 4.79 Å². The number of hydrogen-bond acceptors (Lipinski definition) is 5. The molecule has 1 amide bonds. The summed E-state index contributed by atoms with van der Waals surface area (Å²) < 4.78 is 6.59. The van der Waals surface area contributed by atoms with Gasteiger partial charge >= 0.3 is 6.01 Å². The van der Waals surface area contributed by atoms with Gasteiger partial charge in [-0.2, -0.15) is 5.10 Å². The normalized spacial score (nSPS) is 10.6. The molecule has 0 spiro atoms. The van der Waals surface area contributed by atoms with E-state index < -0.39 is 0 Å². The molecule has 7 nitrogen and oxygen atoms in total. The molecule has 0 aliphatic heterocycles. The highest BCUT2D eigenvalue weighted by Gasteiger charge is 2.13. The zero-order chi connectivity index (χ0) is 20.2. The number of nitrogens with one attached hydrogen (secondary N) is 2. The van der Waals surface area contributed by atoms with Gasteiger partial charge in [0.2, 0.25) is 0 Å². The number of H-pyrrole nitrogens is 1. The lowest BCUT2D eigenvalue weighted by Gasteiger charge is -2.09. The topological polar surface area (TPSA) is 92.8 Å². The SMILES string of the molecule is Cc1cc(Oc2ncccn2)ccc1NC(=O)c1cc(-c2ccc(Br)cc2)n[nH]1. The van der Waals surface area contributed by atoms with Gasteiger partial charge in [0.1, 0.15) is 11.4 Å². The minimum Gasteiger partial charge on any atom is -0.424 e. The Kier molecular flexibility index (Phi) is 5.35. The molecule has 4 rings (SSSR count). The Balaban J connectivity index is 1.46. The number of aromatic nitrogens is 4. The van der Waals surface area contributed by atoms with Crippen molar-refractivity contribution < 1.29 is 9.53 Å². The van der Waals surface area contributed by atoms with E-state index in [0.29, 0.717) is 22.8 Å². The minimum atomic E-state index is -0.274. The van der Waals surface area contributed by atoms with Crippen LogP contribution in [0.1, 0.15) is 16.1 Å². The number of aryl methyl sites for hydroxylation is 1. The summed E-state index contributed by atoms with van der Waals surface area (Å²) in [6.07, 6.45) is 3.22. The van der Waals surface area contributed by atoms with Crippen LogP contribution in [0.4, 0.5) is 5.69 Å².